The fraction of sp³-hybridized carbons (Fsp3) is 0.481. The molecule has 0 bridgehead atoms. The first-order valence-electron chi connectivity index (χ1n) is 12.2. The molecule has 0 aliphatic rings. The molecule has 34 heavy (non-hydrogen) atoms. The first kappa shape index (κ1) is 26.5. The molecule has 0 fully saturated rings. The first-order valence-corrected chi connectivity index (χ1v) is 12.9. The summed E-state index contributed by atoms with van der Waals surface area (Å²) < 4.78 is 21.8. The van der Waals surface area contributed by atoms with Crippen molar-refractivity contribution >= 4 is 14.3 Å². The van der Waals surface area contributed by atoms with E-state index in [2.05, 4.69) is 37.2 Å². The lowest BCUT2D eigenvalue weighted by Crippen LogP contribution is -2.36. The van der Waals surface area contributed by atoms with E-state index in [1.165, 1.54) is 0 Å². The van der Waals surface area contributed by atoms with Gasteiger partial charge < -0.3 is 19.0 Å². The van der Waals surface area contributed by atoms with Crippen LogP contribution in [0.15, 0.2) is 54.6 Å². The fourth-order valence-corrected chi connectivity index (χ4v) is 5.47. The van der Waals surface area contributed by atoms with Crippen LogP contribution in [0.5, 0.6) is 0 Å². The van der Waals surface area contributed by atoms with E-state index in [1.807, 2.05) is 61.5 Å². The molecule has 0 heterocycles. The molecule has 0 aromatic heterocycles. The normalized spacial score (nSPS) is 14.6. The van der Waals surface area contributed by atoms with Crippen LogP contribution in [0.25, 0.3) is 16.0 Å². The molecule has 1 unspecified atom stereocenters. The number of Topliss-reactive ketones (excluding diaryl/α,β-unsaturated/α-hetero) is 1. The highest BCUT2D eigenvalue weighted by atomic mass is 31.2. The van der Waals surface area contributed by atoms with E-state index in [9.17, 15) is 4.79 Å². The number of hydrogen-bond donors (Lipinski definition) is 1. The van der Waals surface area contributed by atoms with E-state index < -0.39 is 8.53 Å². The number of ketones is 1. The largest absolute Gasteiger partial charge is 0.396 e. The summed E-state index contributed by atoms with van der Waals surface area (Å²) in [7, 11) is -1.44. The summed E-state index contributed by atoms with van der Waals surface area (Å²) in [6, 6.07) is 18.0. The third-order valence-corrected chi connectivity index (χ3v) is 7.76. The first-order chi connectivity index (χ1) is 16.8. The highest BCUT2D eigenvalue weighted by molar-refractivity contribution is 7.44. The Bertz CT molecular complexity index is 926. The maximum Gasteiger partial charge on any atom is 0.259 e. The second kappa shape index (κ2) is 14.3. The molecular formula is C27H37N2O4P. The highest BCUT2D eigenvalue weighted by Gasteiger charge is 2.32. The molecule has 0 spiro atoms. The number of carbonyl (C=O) groups is 1. The minimum atomic E-state index is -1.44. The van der Waals surface area contributed by atoms with Gasteiger partial charge in [-0.1, -0.05) is 54.6 Å². The van der Waals surface area contributed by atoms with Crippen LogP contribution in [0.1, 0.15) is 51.4 Å². The van der Waals surface area contributed by atoms with Crippen LogP contribution >= 0.6 is 8.53 Å². The molecule has 2 aromatic carbocycles. The Morgan fingerprint density at radius 2 is 1.68 bits per heavy atom. The summed E-state index contributed by atoms with van der Waals surface area (Å²) in [6.07, 6.45) is -0.189. The molecule has 7 heteroatoms. The van der Waals surface area contributed by atoms with Crippen LogP contribution in [-0.2, 0) is 9.05 Å². The monoisotopic (exact) mass is 485 g/mol. The summed E-state index contributed by atoms with van der Waals surface area (Å²) in [4.78, 5) is 16.5. The summed E-state index contributed by atoms with van der Waals surface area (Å²) >= 11 is 0. The quantitative estimate of drug-likeness (QED) is 0.140. The Balaban J connectivity index is 2.12. The Kier molecular flexibility index (Phi) is 11.1. The summed E-state index contributed by atoms with van der Waals surface area (Å²) in [6.45, 7) is 17.9. The predicted molar refractivity (Wildman–Crippen MR) is 138 cm³/mol. The molecule has 0 aliphatic carbocycles. The number of nitrogens with zero attached hydrogens (tertiary/aromatic N) is 2. The average Bonchev–Trinajstić information content (AvgIpc) is 2.84. The number of aliphatic hydroxyl groups excluding tert-OH is 1. The molecule has 6 nitrogen and oxygen atoms in total. The van der Waals surface area contributed by atoms with Crippen LogP contribution in [0.3, 0.4) is 0 Å². The number of rotatable bonds is 15. The fourth-order valence-electron chi connectivity index (χ4n) is 3.71. The van der Waals surface area contributed by atoms with Gasteiger partial charge >= 0.3 is 0 Å². The van der Waals surface area contributed by atoms with Crippen molar-refractivity contribution in [1.82, 2.24) is 4.67 Å². The third kappa shape index (κ3) is 8.27. The maximum atomic E-state index is 13.1. The van der Waals surface area contributed by atoms with Gasteiger partial charge in [0.2, 0.25) is 7.98 Å². The zero-order valence-corrected chi connectivity index (χ0v) is 21.7. The van der Waals surface area contributed by atoms with E-state index in [-0.39, 0.29) is 56.1 Å². The topological polar surface area (TPSA) is 63.4 Å². The zero-order chi connectivity index (χ0) is 25.8. The maximum absolute atomic E-state index is 13.1. The molecule has 184 valence electrons. The van der Waals surface area contributed by atoms with Gasteiger partial charge in [-0.05, 0) is 45.7 Å². The van der Waals surface area contributed by atoms with Crippen molar-refractivity contribution in [2.24, 2.45) is 5.92 Å². The Labute approximate surface area is 207 Å². The van der Waals surface area contributed by atoms with Crippen LogP contribution in [-0.4, -0.2) is 54.9 Å². The van der Waals surface area contributed by atoms with Crippen molar-refractivity contribution < 1.29 is 19.0 Å². The van der Waals surface area contributed by atoms with Crippen LogP contribution in [0.4, 0.5) is 0 Å². The minimum absolute atomic E-state index is 0.0232. The lowest BCUT2D eigenvalue weighted by atomic mass is 9.94. The molecule has 0 saturated carbocycles. The van der Waals surface area contributed by atoms with E-state index in [0.717, 1.165) is 11.1 Å². The van der Waals surface area contributed by atoms with Crippen molar-refractivity contribution in [1.29, 1.82) is 1.43 Å². The lowest BCUT2D eigenvalue weighted by molar-refractivity contribution is 0.0630. The van der Waals surface area contributed by atoms with E-state index in [1.54, 1.807) is 0 Å². The van der Waals surface area contributed by atoms with Gasteiger partial charge in [0.05, 0.1) is 6.10 Å². The lowest BCUT2D eigenvalue weighted by Gasteiger charge is -2.37. The summed E-state index contributed by atoms with van der Waals surface area (Å²) in [5, 5.41) is 4.71. The molecule has 0 saturated heterocycles. The van der Waals surface area contributed by atoms with Crippen LogP contribution in [0.2, 0.25) is 0 Å². The van der Waals surface area contributed by atoms with Crippen molar-refractivity contribution in [3.63, 3.8) is 0 Å². The molecule has 0 aliphatic heterocycles. The van der Waals surface area contributed by atoms with Crippen molar-refractivity contribution in [3.8, 4) is 11.1 Å². The van der Waals surface area contributed by atoms with Gasteiger partial charge in [0, 0.05) is 36.6 Å². The predicted octanol–water partition coefficient (Wildman–Crippen LogP) is 6.22. The molecule has 0 radical (unpaired) electrons. The van der Waals surface area contributed by atoms with Crippen LogP contribution < -0.4 is 0 Å². The van der Waals surface area contributed by atoms with Crippen LogP contribution in [0, 0.1) is 12.5 Å². The van der Waals surface area contributed by atoms with Crippen molar-refractivity contribution in [3.05, 3.63) is 71.6 Å². The number of hydrogen-bond acceptors (Lipinski definition) is 5. The third-order valence-electron chi connectivity index (χ3n) is 5.55. The van der Waals surface area contributed by atoms with Gasteiger partial charge in [-0.15, -0.1) is 0 Å². The standard InChI is InChI=1S/C27H37N2O4P/c1-20(2)29(21(3)4)34(32-17-16-28-6)33-22(5)26(19-30)18-27(31)25-14-12-24(13-15-25)23-10-8-7-9-11-23/h7-15,20-22,26,30H,16-19H2,1-5H3/t22-,26-,34?/m0/s1/i30D. The van der Waals surface area contributed by atoms with Gasteiger partial charge in [-0.3, -0.25) is 4.79 Å². The second-order valence-electron chi connectivity index (χ2n) is 8.83. The van der Waals surface area contributed by atoms with Gasteiger partial charge in [0.15, 0.2) is 5.78 Å². The van der Waals surface area contributed by atoms with Gasteiger partial charge in [-0.2, -0.15) is 0 Å². The van der Waals surface area contributed by atoms with Gasteiger partial charge in [-0.25, -0.2) is 11.2 Å². The molecule has 0 amide bonds. The highest BCUT2D eigenvalue weighted by Crippen LogP contribution is 2.47. The smallest absolute Gasteiger partial charge is 0.259 e. The Morgan fingerprint density at radius 1 is 1.06 bits per heavy atom. The average molecular weight is 486 g/mol. The zero-order valence-electron chi connectivity index (χ0n) is 21.8. The summed E-state index contributed by atoms with van der Waals surface area (Å²) in [5.41, 5.74) is 2.77. The van der Waals surface area contributed by atoms with Crippen molar-refractivity contribution in [2.75, 3.05) is 19.8 Å². The van der Waals surface area contributed by atoms with E-state index in [4.69, 9.17) is 22.2 Å². The molecule has 2 aromatic rings. The van der Waals surface area contributed by atoms with E-state index >= 15 is 0 Å². The number of carbonyl (C=O) groups excluding carboxylic acids is 1. The molecule has 3 atom stereocenters. The van der Waals surface area contributed by atoms with E-state index in [0.29, 0.717) is 5.56 Å². The number of aliphatic hydroxyl groups is 1. The second-order valence-corrected chi connectivity index (χ2v) is 10.2. The SMILES string of the molecule is [2H]OC[C@H](CC(=O)c1ccc(-c2ccccc2)cc1)[C@H](C)OP(OCC[N+]#[C-])N(C(C)C)C(C)C. The van der Waals surface area contributed by atoms with Gasteiger partial charge in [0.25, 0.3) is 8.53 Å². The Morgan fingerprint density at radius 3 is 2.24 bits per heavy atom. The molecular weight excluding hydrogens is 447 g/mol. The number of benzene rings is 2. The Hall–Kier alpha value is -2.13. The van der Waals surface area contributed by atoms with Gasteiger partial charge in [0.1, 0.15) is 6.61 Å². The summed E-state index contributed by atoms with van der Waals surface area (Å²) in [5.74, 6) is -0.339. The van der Waals surface area contributed by atoms with Crippen molar-refractivity contribution in [2.45, 2.75) is 59.2 Å². The molecule has 2 rings (SSSR count). The molecule has 1 N–H and O–H groups in total. The minimum Gasteiger partial charge on any atom is -0.396 e.